The number of carbonyl (C=O) groups excluding carboxylic acids is 1. The first-order valence-corrected chi connectivity index (χ1v) is 7.33. The first kappa shape index (κ1) is 14.5. The molecule has 2 aromatic rings. The van der Waals surface area contributed by atoms with Gasteiger partial charge in [-0.25, -0.2) is 4.98 Å². The lowest BCUT2D eigenvalue weighted by Crippen LogP contribution is -2.14. The molecule has 0 saturated heterocycles. The monoisotopic (exact) mass is 402 g/mol. The van der Waals surface area contributed by atoms with Gasteiger partial charge in [-0.1, -0.05) is 11.6 Å². The van der Waals surface area contributed by atoms with Crippen LogP contribution in [0.4, 0.5) is 5.69 Å². The molecule has 0 saturated carbocycles. The smallest absolute Gasteiger partial charge is 0.275 e. The quantitative estimate of drug-likeness (QED) is 0.780. The SMILES string of the molecule is Cc1cc(Br)c(NC(=O)c2ncccc2Br)cc1Cl. The van der Waals surface area contributed by atoms with Crippen LogP contribution in [0.2, 0.25) is 5.02 Å². The third kappa shape index (κ3) is 3.35. The summed E-state index contributed by atoms with van der Waals surface area (Å²) in [5.74, 6) is -0.298. The van der Waals surface area contributed by atoms with Crippen molar-refractivity contribution in [2.24, 2.45) is 0 Å². The van der Waals surface area contributed by atoms with E-state index >= 15 is 0 Å². The van der Waals surface area contributed by atoms with Crippen molar-refractivity contribution in [3.63, 3.8) is 0 Å². The second-order valence-corrected chi connectivity index (χ2v) is 5.99. The molecule has 0 aliphatic carbocycles. The third-order valence-corrected chi connectivity index (χ3v) is 4.17. The van der Waals surface area contributed by atoms with Crippen LogP contribution >= 0.6 is 43.5 Å². The molecule has 3 nitrogen and oxygen atoms in total. The van der Waals surface area contributed by atoms with E-state index in [1.54, 1.807) is 24.4 Å². The van der Waals surface area contributed by atoms with Gasteiger partial charge < -0.3 is 5.32 Å². The zero-order chi connectivity index (χ0) is 14.0. The van der Waals surface area contributed by atoms with Gasteiger partial charge in [-0.3, -0.25) is 4.79 Å². The lowest BCUT2D eigenvalue weighted by molar-refractivity contribution is 0.102. The molecule has 2 rings (SSSR count). The fourth-order valence-corrected chi connectivity index (χ4v) is 2.63. The van der Waals surface area contributed by atoms with Gasteiger partial charge in [0.15, 0.2) is 0 Å². The van der Waals surface area contributed by atoms with Crippen LogP contribution in [0.15, 0.2) is 39.4 Å². The second kappa shape index (κ2) is 6.03. The van der Waals surface area contributed by atoms with Gasteiger partial charge in [-0.2, -0.15) is 0 Å². The maximum Gasteiger partial charge on any atom is 0.275 e. The number of amides is 1. The molecule has 0 aliphatic rings. The average Bonchev–Trinajstić information content (AvgIpc) is 2.36. The molecule has 0 bridgehead atoms. The predicted octanol–water partition coefficient (Wildman–Crippen LogP) is 4.82. The van der Waals surface area contributed by atoms with E-state index in [-0.39, 0.29) is 5.91 Å². The van der Waals surface area contributed by atoms with Gasteiger partial charge in [0.1, 0.15) is 5.69 Å². The number of pyridine rings is 1. The van der Waals surface area contributed by atoms with E-state index in [4.69, 9.17) is 11.6 Å². The number of rotatable bonds is 2. The Morgan fingerprint density at radius 2 is 2.05 bits per heavy atom. The molecule has 19 heavy (non-hydrogen) atoms. The number of aryl methyl sites for hydroxylation is 1. The molecule has 1 amide bonds. The Balaban J connectivity index is 2.30. The Morgan fingerprint density at radius 1 is 1.32 bits per heavy atom. The summed E-state index contributed by atoms with van der Waals surface area (Å²) in [6.07, 6.45) is 1.57. The fraction of sp³-hybridized carbons (Fsp3) is 0.0769. The summed E-state index contributed by atoms with van der Waals surface area (Å²) < 4.78 is 1.41. The number of halogens is 3. The molecule has 1 aromatic carbocycles. The van der Waals surface area contributed by atoms with E-state index in [1.807, 2.05) is 13.0 Å². The number of nitrogens with zero attached hydrogens (tertiary/aromatic N) is 1. The van der Waals surface area contributed by atoms with Crippen LogP contribution in [0.1, 0.15) is 16.1 Å². The predicted molar refractivity (Wildman–Crippen MR) is 83.8 cm³/mol. The first-order valence-electron chi connectivity index (χ1n) is 5.36. The highest BCUT2D eigenvalue weighted by Gasteiger charge is 2.13. The Labute approximate surface area is 132 Å². The van der Waals surface area contributed by atoms with Crippen molar-refractivity contribution in [1.29, 1.82) is 0 Å². The number of anilines is 1. The summed E-state index contributed by atoms with van der Waals surface area (Å²) in [4.78, 5) is 16.2. The van der Waals surface area contributed by atoms with Gasteiger partial charge in [0.2, 0.25) is 0 Å². The van der Waals surface area contributed by atoms with E-state index in [2.05, 4.69) is 42.2 Å². The lowest BCUT2D eigenvalue weighted by atomic mass is 10.2. The average molecular weight is 404 g/mol. The van der Waals surface area contributed by atoms with Crippen LogP contribution in [-0.4, -0.2) is 10.9 Å². The molecule has 1 aromatic heterocycles. The highest BCUT2D eigenvalue weighted by Crippen LogP contribution is 2.29. The maximum atomic E-state index is 12.1. The summed E-state index contributed by atoms with van der Waals surface area (Å²) in [5, 5.41) is 3.37. The van der Waals surface area contributed by atoms with Gasteiger partial charge in [0.25, 0.3) is 5.91 Å². The molecule has 1 N–H and O–H groups in total. The number of nitrogens with one attached hydrogen (secondary N) is 1. The van der Waals surface area contributed by atoms with Gasteiger partial charge in [-0.05, 0) is 68.6 Å². The fourth-order valence-electron chi connectivity index (χ4n) is 1.48. The van der Waals surface area contributed by atoms with E-state index < -0.39 is 0 Å². The van der Waals surface area contributed by atoms with Crippen molar-refractivity contribution in [2.45, 2.75) is 6.92 Å². The number of aromatic nitrogens is 1. The summed E-state index contributed by atoms with van der Waals surface area (Å²) in [6, 6.07) is 7.07. The van der Waals surface area contributed by atoms with E-state index in [0.717, 1.165) is 10.0 Å². The molecular formula is C13H9Br2ClN2O. The van der Waals surface area contributed by atoms with Crippen LogP contribution in [0, 0.1) is 6.92 Å². The van der Waals surface area contributed by atoms with Gasteiger partial charge in [-0.15, -0.1) is 0 Å². The third-order valence-electron chi connectivity index (χ3n) is 2.47. The molecule has 0 unspecified atom stereocenters. The number of benzene rings is 1. The van der Waals surface area contributed by atoms with Crippen LogP contribution in [0.5, 0.6) is 0 Å². The van der Waals surface area contributed by atoms with Crippen molar-refractivity contribution in [3.8, 4) is 0 Å². The van der Waals surface area contributed by atoms with Crippen molar-refractivity contribution >= 4 is 55.1 Å². The van der Waals surface area contributed by atoms with Gasteiger partial charge in [0.05, 0.1) is 5.69 Å². The minimum atomic E-state index is -0.298. The van der Waals surface area contributed by atoms with Crippen molar-refractivity contribution in [3.05, 3.63) is 55.7 Å². The Hall–Kier alpha value is -0.910. The Bertz CT molecular complexity index is 647. The zero-order valence-corrected chi connectivity index (χ0v) is 13.8. The molecule has 6 heteroatoms. The van der Waals surface area contributed by atoms with E-state index in [9.17, 15) is 4.79 Å². The minimum absolute atomic E-state index is 0.298. The first-order chi connectivity index (χ1) is 8.99. The van der Waals surface area contributed by atoms with Crippen LogP contribution in [-0.2, 0) is 0 Å². The number of carbonyl (C=O) groups is 1. The highest BCUT2D eigenvalue weighted by molar-refractivity contribution is 9.11. The van der Waals surface area contributed by atoms with Crippen LogP contribution < -0.4 is 5.32 Å². The molecule has 0 spiro atoms. The van der Waals surface area contributed by atoms with Gasteiger partial charge in [0, 0.05) is 20.2 Å². The summed E-state index contributed by atoms with van der Waals surface area (Å²) >= 11 is 12.7. The molecule has 0 radical (unpaired) electrons. The van der Waals surface area contributed by atoms with Crippen molar-refractivity contribution < 1.29 is 4.79 Å². The summed E-state index contributed by atoms with van der Waals surface area (Å²) in [7, 11) is 0. The largest absolute Gasteiger partial charge is 0.320 e. The van der Waals surface area contributed by atoms with Crippen molar-refractivity contribution in [2.75, 3.05) is 5.32 Å². The van der Waals surface area contributed by atoms with Crippen molar-refractivity contribution in [1.82, 2.24) is 4.98 Å². The van der Waals surface area contributed by atoms with Crippen LogP contribution in [0.3, 0.4) is 0 Å². The Kier molecular flexibility index (Phi) is 4.60. The summed E-state index contributed by atoms with van der Waals surface area (Å²) in [5.41, 5.74) is 1.87. The zero-order valence-electron chi connectivity index (χ0n) is 9.88. The number of hydrogen-bond donors (Lipinski definition) is 1. The maximum absolute atomic E-state index is 12.1. The molecular weight excluding hydrogens is 395 g/mol. The van der Waals surface area contributed by atoms with Gasteiger partial charge >= 0.3 is 0 Å². The highest BCUT2D eigenvalue weighted by atomic mass is 79.9. The number of hydrogen-bond acceptors (Lipinski definition) is 2. The molecule has 0 aliphatic heterocycles. The van der Waals surface area contributed by atoms with E-state index in [0.29, 0.717) is 20.9 Å². The Morgan fingerprint density at radius 3 is 2.74 bits per heavy atom. The van der Waals surface area contributed by atoms with Crippen LogP contribution in [0.25, 0.3) is 0 Å². The lowest BCUT2D eigenvalue weighted by Gasteiger charge is -2.09. The standard InChI is InChI=1S/C13H9Br2ClN2O/c1-7-5-9(15)11(6-10(7)16)18-13(19)12-8(14)3-2-4-17-12/h2-6H,1H3,(H,18,19). The molecule has 1 heterocycles. The summed E-state index contributed by atoms with van der Waals surface area (Å²) in [6.45, 7) is 1.90. The topological polar surface area (TPSA) is 42.0 Å². The minimum Gasteiger partial charge on any atom is -0.320 e. The normalized spacial score (nSPS) is 10.3. The molecule has 0 fully saturated rings. The molecule has 0 atom stereocenters. The molecule has 98 valence electrons. The van der Waals surface area contributed by atoms with E-state index in [1.165, 1.54) is 0 Å². The second-order valence-electron chi connectivity index (χ2n) is 3.87.